The van der Waals surface area contributed by atoms with E-state index in [1.165, 1.54) is 22.3 Å². The number of nitrogens with zero attached hydrogens (tertiary/aromatic N) is 4. The predicted octanol–water partition coefficient (Wildman–Crippen LogP) is 3.61. The van der Waals surface area contributed by atoms with Crippen LogP contribution in [0, 0.1) is 0 Å². The minimum atomic E-state index is -0.430. The van der Waals surface area contributed by atoms with Crippen LogP contribution in [0.2, 0.25) is 0 Å². The van der Waals surface area contributed by atoms with Crippen LogP contribution in [0.25, 0.3) is 22.5 Å². The lowest BCUT2D eigenvalue weighted by atomic mass is 9.72. The number of hydrogen-bond acceptors (Lipinski definition) is 4. The summed E-state index contributed by atoms with van der Waals surface area (Å²) in [5.41, 5.74) is 8.56. The molecule has 2 aliphatic carbocycles. The van der Waals surface area contributed by atoms with E-state index in [2.05, 4.69) is 68.5 Å². The molecule has 2 aromatic heterocycles. The molecule has 2 aliphatic rings. The van der Waals surface area contributed by atoms with Crippen LogP contribution in [0.4, 0.5) is 0 Å². The average Bonchev–Trinajstić information content (AvgIpc) is 3.16. The molecule has 4 aromatic rings. The fraction of sp³-hybridized carbons (Fsp3) is 0.0476. The van der Waals surface area contributed by atoms with Gasteiger partial charge in [0, 0.05) is 23.5 Å². The van der Waals surface area contributed by atoms with Crippen LogP contribution < -0.4 is 0 Å². The van der Waals surface area contributed by atoms with Crippen molar-refractivity contribution in [1.82, 2.24) is 19.9 Å². The lowest BCUT2D eigenvalue weighted by Gasteiger charge is -2.28. The summed E-state index contributed by atoms with van der Waals surface area (Å²) in [6.45, 7) is 0. The van der Waals surface area contributed by atoms with Crippen LogP contribution >= 0.6 is 0 Å². The molecule has 0 fully saturated rings. The first kappa shape index (κ1) is 13.0. The van der Waals surface area contributed by atoms with Gasteiger partial charge in [-0.15, -0.1) is 0 Å². The van der Waals surface area contributed by atoms with Crippen LogP contribution in [-0.2, 0) is 5.41 Å². The number of hydrogen-bond donors (Lipinski definition) is 0. The van der Waals surface area contributed by atoms with Gasteiger partial charge in [-0.2, -0.15) is 0 Å². The zero-order valence-corrected chi connectivity index (χ0v) is 13.2. The Bertz CT molecular complexity index is 978. The van der Waals surface area contributed by atoms with Crippen LogP contribution in [0.5, 0.6) is 0 Å². The van der Waals surface area contributed by atoms with Gasteiger partial charge in [-0.05, 0) is 22.3 Å². The maximum atomic E-state index is 4.56. The van der Waals surface area contributed by atoms with E-state index < -0.39 is 5.41 Å². The quantitative estimate of drug-likeness (QED) is 0.429. The highest BCUT2D eigenvalue weighted by atomic mass is 14.9. The number of benzene rings is 2. The van der Waals surface area contributed by atoms with E-state index in [1.807, 2.05) is 12.4 Å². The number of rotatable bonds is 0. The van der Waals surface area contributed by atoms with Gasteiger partial charge in [-0.25, -0.2) is 19.9 Å². The molecule has 2 aromatic carbocycles. The molecule has 0 N–H and O–H groups in total. The Morgan fingerprint density at radius 3 is 1.56 bits per heavy atom. The first-order chi connectivity index (χ1) is 12.4. The monoisotopic (exact) mass is 320 g/mol. The van der Waals surface area contributed by atoms with Crippen molar-refractivity contribution in [1.29, 1.82) is 0 Å². The second kappa shape index (κ2) is 4.36. The molecule has 116 valence electrons. The van der Waals surface area contributed by atoms with Crippen LogP contribution in [-0.4, -0.2) is 19.9 Å². The Morgan fingerprint density at radius 1 is 0.560 bits per heavy atom. The maximum Gasteiger partial charge on any atom is 0.116 e. The maximum absolute atomic E-state index is 4.56. The summed E-state index contributed by atoms with van der Waals surface area (Å²) in [5, 5.41) is 0. The molecule has 0 aliphatic heterocycles. The topological polar surface area (TPSA) is 51.6 Å². The Hall–Kier alpha value is -3.40. The molecule has 0 radical (unpaired) electrons. The standard InChI is InChI=1S/C21H12N4/c1-3-7-15-13(5-1)14-6-2-4-8-16(14)21(15)17-9-22-11-24-19(17)20-18(21)10-23-12-25-20/h1-12H. The fourth-order valence-corrected chi connectivity index (χ4v) is 4.55. The van der Waals surface area contributed by atoms with E-state index in [-0.39, 0.29) is 0 Å². The third kappa shape index (κ3) is 1.35. The highest BCUT2D eigenvalue weighted by molar-refractivity contribution is 5.92. The highest BCUT2D eigenvalue weighted by Gasteiger charge is 2.53. The van der Waals surface area contributed by atoms with Crippen molar-refractivity contribution in [3.63, 3.8) is 0 Å². The molecular weight excluding hydrogens is 308 g/mol. The van der Waals surface area contributed by atoms with Crippen LogP contribution in [0.3, 0.4) is 0 Å². The van der Waals surface area contributed by atoms with Crippen molar-refractivity contribution in [2.24, 2.45) is 0 Å². The summed E-state index contributed by atoms with van der Waals surface area (Å²) in [4.78, 5) is 17.8. The number of aromatic nitrogens is 4. The van der Waals surface area contributed by atoms with Gasteiger partial charge in [0.25, 0.3) is 0 Å². The molecule has 6 rings (SSSR count). The summed E-state index contributed by atoms with van der Waals surface area (Å²) < 4.78 is 0. The minimum absolute atomic E-state index is 0.430. The summed E-state index contributed by atoms with van der Waals surface area (Å²) in [7, 11) is 0. The molecule has 0 atom stereocenters. The summed E-state index contributed by atoms with van der Waals surface area (Å²) in [6, 6.07) is 17.2. The fourth-order valence-electron chi connectivity index (χ4n) is 4.55. The Labute approximate surface area is 144 Å². The first-order valence-corrected chi connectivity index (χ1v) is 8.23. The van der Waals surface area contributed by atoms with Crippen molar-refractivity contribution in [2.45, 2.75) is 5.41 Å². The van der Waals surface area contributed by atoms with Gasteiger partial charge >= 0.3 is 0 Å². The summed E-state index contributed by atoms with van der Waals surface area (Å²) in [5.74, 6) is 0. The normalized spacial score (nSPS) is 14.7. The molecule has 0 amide bonds. The van der Waals surface area contributed by atoms with E-state index in [9.17, 15) is 0 Å². The van der Waals surface area contributed by atoms with Crippen LogP contribution in [0.15, 0.2) is 73.6 Å². The van der Waals surface area contributed by atoms with Crippen molar-refractivity contribution >= 4 is 0 Å². The molecular formula is C21H12N4. The third-order valence-electron chi connectivity index (χ3n) is 5.41. The lowest BCUT2D eigenvalue weighted by Crippen LogP contribution is -2.26. The Kier molecular flexibility index (Phi) is 2.26. The summed E-state index contributed by atoms with van der Waals surface area (Å²) in [6.07, 6.45) is 7.05. The van der Waals surface area contributed by atoms with E-state index in [0.29, 0.717) is 0 Å². The molecule has 4 nitrogen and oxygen atoms in total. The van der Waals surface area contributed by atoms with Gasteiger partial charge in [0.2, 0.25) is 0 Å². The molecule has 4 heteroatoms. The smallest absolute Gasteiger partial charge is 0.116 e. The van der Waals surface area contributed by atoms with Crippen molar-refractivity contribution < 1.29 is 0 Å². The summed E-state index contributed by atoms with van der Waals surface area (Å²) >= 11 is 0. The molecule has 2 heterocycles. The zero-order valence-electron chi connectivity index (χ0n) is 13.2. The van der Waals surface area contributed by atoms with Gasteiger partial charge < -0.3 is 0 Å². The second-order valence-electron chi connectivity index (χ2n) is 6.41. The van der Waals surface area contributed by atoms with Crippen molar-refractivity contribution in [3.8, 4) is 22.5 Å². The van der Waals surface area contributed by atoms with E-state index in [1.54, 1.807) is 12.7 Å². The van der Waals surface area contributed by atoms with Gasteiger partial charge in [0.05, 0.1) is 16.8 Å². The molecule has 1 spiro atoms. The van der Waals surface area contributed by atoms with Crippen molar-refractivity contribution in [3.05, 3.63) is 95.8 Å². The first-order valence-electron chi connectivity index (χ1n) is 8.23. The van der Waals surface area contributed by atoms with Gasteiger partial charge in [0.1, 0.15) is 12.7 Å². The predicted molar refractivity (Wildman–Crippen MR) is 93.9 cm³/mol. The Morgan fingerprint density at radius 2 is 1.04 bits per heavy atom. The second-order valence-corrected chi connectivity index (χ2v) is 6.41. The SMILES string of the molecule is c1ccc2c(c1)-c1ccccc1C21c2cncnc2-c2ncncc21. The Balaban J connectivity index is 1.89. The molecule has 0 unspecified atom stereocenters. The molecule has 25 heavy (non-hydrogen) atoms. The number of fused-ring (bicyclic) bond motifs is 10. The third-order valence-corrected chi connectivity index (χ3v) is 5.41. The van der Waals surface area contributed by atoms with Gasteiger partial charge in [0.15, 0.2) is 0 Å². The van der Waals surface area contributed by atoms with E-state index >= 15 is 0 Å². The van der Waals surface area contributed by atoms with Crippen molar-refractivity contribution in [2.75, 3.05) is 0 Å². The zero-order chi connectivity index (χ0) is 16.4. The molecule has 0 bridgehead atoms. The minimum Gasteiger partial charge on any atom is -0.244 e. The average molecular weight is 320 g/mol. The molecule has 0 saturated carbocycles. The van der Waals surface area contributed by atoms with Gasteiger partial charge in [-0.1, -0.05) is 48.5 Å². The lowest BCUT2D eigenvalue weighted by molar-refractivity contribution is 0.776. The highest BCUT2D eigenvalue weighted by Crippen LogP contribution is 2.61. The van der Waals surface area contributed by atoms with Crippen LogP contribution in [0.1, 0.15) is 22.3 Å². The van der Waals surface area contributed by atoms with Gasteiger partial charge in [-0.3, -0.25) is 0 Å². The molecule has 0 saturated heterocycles. The largest absolute Gasteiger partial charge is 0.244 e. The van der Waals surface area contributed by atoms with E-state index in [0.717, 1.165) is 22.5 Å². The van der Waals surface area contributed by atoms with E-state index in [4.69, 9.17) is 0 Å².